The number of benzene rings is 1. The number of nitrogens with one attached hydrogen (secondary N) is 1. The zero-order valence-electron chi connectivity index (χ0n) is 15.8. The van der Waals surface area contributed by atoms with Crippen LogP contribution in [0.1, 0.15) is 25.7 Å². The summed E-state index contributed by atoms with van der Waals surface area (Å²) in [6, 6.07) is 11.2. The van der Waals surface area contributed by atoms with Crippen LogP contribution >= 0.6 is 11.3 Å². The smallest absolute Gasteiger partial charge is 0.183 e. The minimum atomic E-state index is 0.597. The Morgan fingerprint density at radius 1 is 1.07 bits per heavy atom. The molecular weight excluding hydrogens is 354 g/mol. The summed E-state index contributed by atoms with van der Waals surface area (Å²) in [5, 5.41) is 4.81. The van der Waals surface area contributed by atoms with E-state index < -0.39 is 0 Å². The van der Waals surface area contributed by atoms with Crippen molar-refractivity contribution in [3.8, 4) is 10.4 Å². The number of fused-ring (bicyclic) bond motifs is 1. The van der Waals surface area contributed by atoms with Crippen molar-refractivity contribution >= 4 is 16.5 Å². The van der Waals surface area contributed by atoms with Crippen LogP contribution in [0.4, 0.5) is 5.13 Å². The highest BCUT2D eigenvalue weighted by molar-refractivity contribution is 7.18. The summed E-state index contributed by atoms with van der Waals surface area (Å²) in [5.74, 6) is 2.60. The Hall–Kier alpha value is -1.43. The number of likely N-dealkylation sites (tertiary alicyclic amines) is 1. The van der Waals surface area contributed by atoms with E-state index in [-0.39, 0.29) is 0 Å². The maximum absolute atomic E-state index is 5.51. The standard InChI is InChI=1S/C22H29N3OS/c1-2-4-17(5-3-1)21-12-23-22(27-21)24-20-10-18-14-25(15-19(18)11-20)13-16-6-8-26-9-7-16/h1-5,12,16,18-20H,6-11,13-15H2,(H,23,24)/t18-,19?,20+/m1/s1. The van der Waals surface area contributed by atoms with Gasteiger partial charge in [0.2, 0.25) is 0 Å². The highest BCUT2D eigenvalue weighted by Gasteiger charge is 2.41. The molecule has 3 atom stereocenters. The third kappa shape index (κ3) is 4.05. The van der Waals surface area contributed by atoms with E-state index in [1.165, 1.54) is 55.8 Å². The molecule has 144 valence electrons. The van der Waals surface area contributed by atoms with Crippen LogP contribution in [0.15, 0.2) is 36.5 Å². The minimum absolute atomic E-state index is 0.597. The van der Waals surface area contributed by atoms with E-state index in [2.05, 4.69) is 45.5 Å². The molecule has 2 aromatic rings. The van der Waals surface area contributed by atoms with Gasteiger partial charge in [-0.25, -0.2) is 4.98 Å². The molecule has 1 saturated carbocycles. The fourth-order valence-corrected chi connectivity index (χ4v) is 6.11. The van der Waals surface area contributed by atoms with Crippen LogP contribution in [0.3, 0.4) is 0 Å². The van der Waals surface area contributed by atoms with Gasteiger partial charge in [0.25, 0.3) is 0 Å². The largest absolute Gasteiger partial charge is 0.381 e. The summed E-state index contributed by atoms with van der Waals surface area (Å²) < 4.78 is 5.51. The van der Waals surface area contributed by atoms with Gasteiger partial charge in [-0.05, 0) is 49.0 Å². The van der Waals surface area contributed by atoms with Crippen molar-refractivity contribution in [1.29, 1.82) is 0 Å². The molecule has 5 rings (SSSR count). The van der Waals surface area contributed by atoms with E-state index in [0.29, 0.717) is 6.04 Å². The number of aromatic nitrogens is 1. The molecule has 0 amide bonds. The van der Waals surface area contributed by atoms with E-state index in [4.69, 9.17) is 4.74 Å². The van der Waals surface area contributed by atoms with Crippen molar-refractivity contribution in [2.45, 2.75) is 31.7 Å². The zero-order valence-corrected chi connectivity index (χ0v) is 16.7. The number of hydrogen-bond acceptors (Lipinski definition) is 5. The molecule has 27 heavy (non-hydrogen) atoms. The van der Waals surface area contributed by atoms with Gasteiger partial charge in [-0.15, -0.1) is 0 Å². The van der Waals surface area contributed by atoms with Gasteiger partial charge in [0.1, 0.15) is 0 Å². The first-order chi connectivity index (χ1) is 13.3. The first kappa shape index (κ1) is 17.7. The van der Waals surface area contributed by atoms with E-state index in [1.807, 2.05) is 6.20 Å². The molecule has 1 aromatic heterocycles. The molecular formula is C22H29N3OS. The van der Waals surface area contributed by atoms with Gasteiger partial charge in [0.15, 0.2) is 5.13 Å². The molecule has 1 N–H and O–H groups in total. The summed E-state index contributed by atoms with van der Waals surface area (Å²) in [7, 11) is 0. The van der Waals surface area contributed by atoms with Gasteiger partial charge in [-0.3, -0.25) is 0 Å². The maximum atomic E-state index is 5.51. The van der Waals surface area contributed by atoms with Crippen LogP contribution in [0, 0.1) is 17.8 Å². The van der Waals surface area contributed by atoms with E-state index in [0.717, 1.165) is 36.1 Å². The average molecular weight is 384 g/mol. The van der Waals surface area contributed by atoms with Crippen molar-refractivity contribution < 1.29 is 4.74 Å². The highest BCUT2D eigenvalue weighted by Crippen LogP contribution is 2.40. The molecule has 4 nitrogen and oxygen atoms in total. The SMILES string of the molecule is c1ccc(-c2cnc(N[C@@H]3CC4CN(CC5CCOCC5)C[C@H]4C3)s2)cc1. The van der Waals surface area contributed by atoms with E-state index in [9.17, 15) is 0 Å². The molecule has 5 heteroatoms. The fraction of sp³-hybridized carbons (Fsp3) is 0.591. The third-order valence-corrected chi connectivity index (χ3v) is 7.55. The zero-order chi connectivity index (χ0) is 18.1. The number of thiazole rings is 1. The fourth-order valence-electron chi connectivity index (χ4n) is 5.21. The lowest BCUT2D eigenvalue weighted by molar-refractivity contribution is 0.0545. The second-order valence-electron chi connectivity index (χ2n) is 8.50. The van der Waals surface area contributed by atoms with Gasteiger partial charge < -0.3 is 15.0 Å². The van der Waals surface area contributed by atoms with Crippen molar-refractivity contribution in [1.82, 2.24) is 9.88 Å². The number of nitrogens with zero attached hydrogens (tertiary/aromatic N) is 2. The predicted molar refractivity (Wildman–Crippen MR) is 111 cm³/mol. The molecule has 0 bridgehead atoms. The Morgan fingerprint density at radius 3 is 2.56 bits per heavy atom. The lowest BCUT2D eigenvalue weighted by Gasteiger charge is -2.27. The summed E-state index contributed by atoms with van der Waals surface area (Å²) in [4.78, 5) is 8.61. The van der Waals surface area contributed by atoms with Crippen LogP contribution in [0.5, 0.6) is 0 Å². The number of ether oxygens (including phenoxy) is 1. The van der Waals surface area contributed by atoms with E-state index in [1.54, 1.807) is 11.3 Å². The van der Waals surface area contributed by atoms with Crippen LogP contribution in [0.25, 0.3) is 10.4 Å². The molecule has 1 aliphatic carbocycles. The maximum Gasteiger partial charge on any atom is 0.183 e. The summed E-state index contributed by atoms with van der Waals surface area (Å²) in [6.45, 7) is 5.83. The van der Waals surface area contributed by atoms with Crippen molar-refractivity contribution in [2.24, 2.45) is 17.8 Å². The van der Waals surface area contributed by atoms with Crippen LogP contribution in [0.2, 0.25) is 0 Å². The predicted octanol–water partition coefficient (Wildman–Crippen LogP) is 4.36. The second kappa shape index (κ2) is 7.90. The van der Waals surface area contributed by atoms with E-state index >= 15 is 0 Å². The Bertz CT molecular complexity index is 729. The first-order valence-electron chi connectivity index (χ1n) is 10.4. The number of anilines is 1. The summed E-state index contributed by atoms with van der Waals surface area (Å²) >= 11 is 1.78. The van der Waals surface area contributed by atoms with Crippen LogP contribution in [-0.2, 0) is 4.74 Å². The van der Waals surface area contributed by atoms with Gasteiger partial charge >= 0.3 is 0 Å². The number of rotatable bonds is 5. The van der Waals surface area contributed by atoms with Gasteiger partial charge in [0, 0.05) is 45.1 Å². The monoisotopic (exact) mass is 383 g/mol. The summed E-state index contributed by atoms with van der Waals surface area (Å²) in [5.41, 5.74) is 1.26. The van der Waals surface area contributed by atoms with Gasteiger partial charge in [-0.1, -0.05) is 41.7 Å². The Balaban J connectivity index is 1.13. The van der Waals surface area contributed by atoms with Gasteiger partial charge in [-0.2, -0.15) is 0 Å². The molecule has 2 aliphatic heterocycles. The number of hydrogen-bond donors (Lipinski definition) is 1. The molecule has 0 spiro atoms. The molecule has 3 fully saturated rings. The highest BCUT2D eigenvalue weighted by atomic mass is 32.1. The van der Waals surface area contributed by atoms with Crippen LogP contribution in [-0.4, -0.2) is 48.8 Å². The third-order valence-electron chi connectivity index (χ3n) is 6.58. The molecule has 2 saturated heterocycles. The van der Waals surface area contributed by atoms with Crippen molar-refractivity contribution in [3.63, 3.8) is 0 Å². The molecule has 1 unspecified atom stereocenters. The minimum Gasteiger partial charge on any atom is -0.381 e. The van der Waals surface area contributed by atoms with Crippen molar-refractivity contribution in [2.75, 3.05) is 38.2 Å². The lowest BCUT2D eigenvalue weighted by Crippen LogP contribution is -2.32. The Kier molecular flexibility index (Phi) is 5.16. The Morgan fingerprint density at radius 2 is 1.81 bits per heavy atom. The molecule has 3 heterocycles. The second-order valence-corrected chi connectivity index (χ2v) is 9.53. The molecule has 0 radical (unpaired) electrons. The lowest BCUT2D eigenvalue weighted by atomic mass is 10.00. The normalized spacial score (nSPS) is 29.1. The quantitative estimate of drug-likeness (QED) is 0.832. The van der Waals surface area contributed by atoms with Crippen molar-refractivity contribution in [3.05, 3.63) is 36.5 Å². The van der Waals surface area contributed by atoms with Crippen LogP contribution < -0.4 is 5.32 Å². The topological polar surface area (TPSA) is 37.4 Å². The summed E-state index contributed by atoms with van der Waals surface area (Å²) in [6.07, 6.45) is 7.12. The Labute approximate surface area is 165 Å². The first-order valence-corrected chi connectivity index (χ1v) is 11.2. The van der Waals surface area contributed by atoms with Gasteiger partial charge in [0.05, 0.1) is 4.88 Å². The molecule has 3 aliphatic rings. The average Bonchev–Trinajstić information content (AvgIpc) is 3.39. The molecule has 1 aromatic carbocycles.